The highest BCUT2D eigenvalue weighted by molar-refractivity contribution is 5.85. The molecule has 0 N–H and O–H groups in total. The summed E-state index contributed by atoms with van der Waals surface area (Å²) >= 11 is 0. The minimum absolute atomic E-state index is 0. The zero-order valence-corrected chi connectivity index (χ0v) is 22.5. The predicted molar refractivity (Wildman–Crippen MR) is 147 cm³/mol. The summed E-state index contributed by atoms with van der Waals surface area (Å²) in [5.74, 6) is 0.933. The van der Waals surface area contributed by atoms with E-state index in [0.717, 1.165) is 18.7 Å². The Labute approximate surface area is 214 Å². The molecule has 1 heterocycles. The molecule has 3 rings (SSSR count). The van der Waals surface area contributed by atoms with Crippen LogP contribution in [0.3, 0.4) is 0 Å². The van der Waals surface area contributed by atoms with Gasteiger partial charge < -0.3 is 14.4 Å². The van der Waals surface area contributed by atoms with Crippen LogP contribution in [0.4, 0.5) is 0 Å². The fourth-order valence-corrected chi connectivity index (χ4v) is 4.82. The maximum atomic E-state index is 6.34. The van der Waals surface area contributed by atoms with Gasteiger partial charge in [-0.3, -0.25) is 0 Å². The second-order valence-corrected chi connectivity index (χ2v) is 10.3. The van der Waals surface area contributed by atoms with Crippen LogP contribution in [0.15, 0.2) is 54.6 Å². The van der Waals surface area contributed by atoms with Gasteiger partial charge >= 0.3 is 0 Å². The topological polar surface area (TPSA) is 21.7 Å². The highest BCUT2D eigenvalue weighted by atomic mass is 35.5. The molecule has 0 spiro atoms. The SMILES string of the molecule is CCCCCC(C)(C)c1ccc(OCCOC(Cc2ccccc2)CN2CCCCC2)cc1.Cl. The van der Waals surface area contributed by atoms with Crippen LogP contribution in [-0.2, 0) is 16.6 Å². The average molecular weight is 488 g/mol. The molecule has 1 aliphatic rings. The second-order valence-electron chi connectivity index (χ2n) is 10.3. The minimum atomic E-state index is 0. The van der Waals surface area contributed by atoms with Crippen molar-refractivity contribution in [3.05, 3.63) is 65.7 Å². The molecule has 4 heteroatoms. The molecule has 1 atom stereocenters. The molecule has 0 amide bonds. The maximum Gasteiger partial charge on any atom is 0.119 e. The first-order valence-electron chi connectivity index (χ1n) is 13.2. The second kappa shape index (κ2) is 15.4. The van der Waals surface area contributed by atoms with Crippen molar-refractivity contribution >= 4 is 12.4 Å². The number of nitrogens with zero attached hydrogens (tertiary/aromatic N) is 1. The number of hydrogen-bond donors (Lipinski definition) is 0. The molecule has 0 aromatic heterocycles. The lowest BCUT2D eigenvalue weighted by Crippen LogP contribution is -2.39. The Morgan fingerprint density at radius 2 is 1.59 bits per heavy atom. The molecular formula is C30H46ClNO2. The normalized spacial score (nSPS) is 15.5. The standard InChI is InChI=1S/C30H45NO2.ClH/c1-4-5-10-19-30(2,3)27-15-17-28(18-16-27)32-22-23-33-29(24-26-13-8-6-9-14-26)25-31-20-11-7-12-21-31;/h6,8-9,13-18,29H,4-5,7,10-12,19-25H2,1-3H3;1H. The molecule has 34 heavy (non-hydrogen) atoms. The fourth-order valence-electron chi connectivity index (χ4n) is 4.82. The van der Waals surface area contributed by atoms with Gasteiger partial charge in [0, 0.05) is 6.54 Å². The Bertz CT molecular complexity index is 772. The number of likely N-dealkylation sites (tertiary alicyclic amines) is 1. The van der Waals surface area contributed by atoms with Gasteiger partial charge in [0.2, 0.25) is 0 Å². The van der Waals surface area contributed by atoms with Gasteiger partial charge in [-0.05, 0) is 67.4 Å². The van der Waals surface area contributed by atoms with Crippen molar-refractivity contribution in [2.75, 3.05) is 32.8 Å². The van der Waals surface area contributed by atoms with Crippen molar-refractivity contribution in [3.8, 4) is 5.75 Å². The van der Waals surface area contributed by atoms with Gasteiger partial charge in [0.25, 0.3) is 0 Å². The van der Waals surface area contributed by atoms with Gasteiger partial charge in [-0.15, -0.1) is 12.4 Å². The van der Waals surface area contributed by atoms with E-state index in [2.05, 4.69) is 80.3 Å². The minimum Gasteiger partial charge on any atom is -0.491 e. The Kier molecular flexibility index (Phi) is 13.0. The molecule has 0 saturated carbocycles. The lowest BCUT2D eigenvalue weighted by atomic mass is 9.80. The summed E-state index contributed by atoms with van der Waals surface area (Å²) in [4.78, 5) is 2.57. The molecule has 190 valence electrons. The molecule has 1 unspecified atom stereocenters. The van der Waals surface area contributed by atoms with Gasteiger partial charge in [0.15, 0.2) is 0 Å². The van der Waals surface area contributed by atoms with Crippen LogP contribution in [0.2, 0.25) is 0 Å². The molecule has 3 nitrogen and oxygen atoms in total. The fraction of sp³-hybridized carbons (Fsp3) is 0.600. The molecule has 1 saturated heterocycles. The number of halogens is 1. The first kappa shape index (κ1) is 28.7. The molecule has 0 bridgehead atoms. The quantitative estimate of drug-likeness (QED) is 0.258. The highest BCUT2D eigenvalue weighted by Crippen LogP contribution is 2.30. The maximum absolute atomic E-state index is 6.34. The van der Waals surface area contributed by atoms with E-state index < -0.39 is 0 Å². The molecule has 1 fully saturated rings. The summed E-state index contributed by atoms with van der Waals surface area (Å²) in [6.07, 6.45) is 10.3. The molecule has 1 aliphatic heterocycles. The average Bonchev–Trinajstić information content (AvgIpc) is 2.83. The summed E-state index contributed by atoms with van der Waals surface area (Å²) in [6.45, 7) is 11.6. The van der Waals surface area contributed by atoms with E-state index in [1.807, 2.05) is 0 Å². The predicted octanol–water partition coefficient (Wildman–Crippen LogP) is 7.46. The van der Waals surface area contributed by atoms with Crippen LogP contribution in [0.5, 0.6) is 5.75 Å². The van der Waals surface area contributed by atoms with E-state index in [-0.39, 0.29) is 23.9 Å². The number of ether oxygens (including phenoxy) is 2. The van der Waals surface area contributed by atoms with Gasteiger partial charge in [-0.1, -0.05) is 88.9 Å². The lowest BCUT2D eigenvalue weighted by molar-refractivity contribution is 0.00868. The van der Waals surface area contributed by atoms with Crippen molar-refractivity contribution in [2.45, 2.75) is 83.7 Å². The molecule has 2 aromatic carbocycles. The third-order valence-corrected chi connectivity index (χ3v) is 6.96. The molecule has 0 radical (unpaired) electrons. The lowest BCUT2D eigenvalue weighted by Gasteiger charge is -2.30. The third kappa shape index (κ3) is 9.98. The van der Waals surface area contributed by atoms with E-state index in [1.54, 1.807) is 0 Å². The number of rotatable bonds is 14. The summed E-state index contributed by atoms with van der Waals surface area (Å²) in [7, 11) is 0. The first-order chi connectivity index (χ1) is 16.1. The van der Waals surface area contributed by atoms with Crippen molar-refractivity contribution in [1.82, 2.24) is 4.90 Å². The smallest absolute Gasteiger partial charge is 0.119 e. The van der Waals surface area contributed by atoms with Gasteiger partial charge in [0.05, 0.1) is 12.7 Å². The zero-order chi connectivity index (χ0) is 23.4. The van der Waals surface area contributed by atoms with E-state index in [4.69, 9.17) is 9.47 Å². The summed E-state index contributed by atoms with van der Waals surface area (Å²) in [5.41, 5.74) is 2.96. The van der Waals surface area contributed by atoms with E-state index in [1.165, 1.54) is 69.2 Å². The Balaban J connectivity index is 0.00000408. The molecule has 0 aliphatic carbocycles. The largest absolute Gasteiger partial charge is 0.491 e. The van der Waals surface area contributed by atoms with Crippen molar-refractivity contribution < 1.29 is 9.47 Å². The summed E-state index contributed by atoms with van der Waals surface area (Å²) < 4.78 is 12.4. The molecular weight excluding hydrogens is 442 g/mol. The summed E-state index contributed by atoms with van der Waals surface area (Å²) in [5, 5.41) is 0. The van der Waals surface area contributed by atoms with Gasteiger partial charge in [-0.2, -0.15) is 0 Å². The number of unbranched alkanes of at least 4 members (excludes halogenated alkanes) is 2. The van der Waals surface area contributed by atoms with Crippen LogP contribution in [0.1, 0.15) is 76.8 Å². The van der Waals surface area contributed by atoms with E-state index >= 15 is 0 Å². The van der Waals surface area contributed by atoms with Crippen LogP contribution in [-0.4, -0.2) is 43.9 Å². The number of hydrogen-bond acceptors (Lipinski definition) is 3. The zero-order valence-electron chi connectivity index (χ0n) is 21.6. The van der Waals surface area contributed by atoms with Crippen molar-refractivity contribution in [3.63, 3.8) is 0 Å². The van der Waals surface area contributed by atoms with Crippen LogP contribution in [0.25, 0.3) is 0 Å². The first-order valence-corrected chi connectivity index (χ1v) is 13.2. The summed E-state index contributed by atoms with van der Waals surface area (Å²) in [6, 6.07) is 19.4. The Morgan fingerprint density at radius 1 is 0.882 bits per heavy atom. The van der Waals surface area contributed by atoms with Gasteiger partial charge in [-0.25, -0.2) is 0 Å². The Morgan fingerprint density at radius 3 is 2.26 bits per heavy atom. The third-order valence-electron chi connectivity index (χ3n) is 6.96. The number of benzene rings is 2. The van der Waals surface area contributed by atoms with Crippen molar-refractivity contribution in [1.29, 1.82) is 0 Å². The van der Waals surface area contributed by atoms with Crippen LogP contribution >= 0.6 is 12.4 Å². The molecule has 2 aromatic rings. The van der Waals surface area contributed by atoms with E-state index in [9.17, 15) is 0 Å². The highest BCUT2D eigenvalue weighted by Gasteiger charge is 2.20. The van der Waals surface area contributed by atoms with Gasteiger partial charge in [0.1, 0.15) is 12.4 Å². The van der Waals surface area contributed by atoms with Crippen molar-refractivity contribution in [2.24, 2.45) is 0 Å². The monoisotopic (exact) mass is 487 g/mol. The Hall–Kier alpha value is -1.55. The number of piperidine rings is 1. The van der Waals surface area contributed by atoms with Crippen LogP contribution in [0, 0.1) is 0 Å². The van der Waals surface area contributed by atoms with E-state index in [0.29, 0.717) is 13.2 Å². The van der Waals surface area contributed by atoms with Crippen LogP contribution < -0.4 is 4.74 Å².